The molecule has 0 atom stereocenters. The summed E-state index contributed by atoms with van der Waals surface area (Å²) in [6.45, 7) is 0. The summed E-state index contributed by atoms with van der Waals surface area (Å²) in [5.41, 5.74) is 3.32. The summed E-state index contributed by atoms with van der Waals surface area (Å²) in [6.07, 6.45) is 2.61. The van der Waals surface area contributed by atoms with E-state index in [0.717, 1.165) is 10.6 Å². The van der Waals surface area contributed by atoms with Gasteiger partial charge >= 0.3 is 12.0 Å². The van der Waals surface area contributed by atoms with Gasteiger partial charge in [0.15, 0.2) is 0 Å². The molecule has 1 aromatic carbocycles. The molecule has 1 aliphatic rings. The predicted octanol–water partition coefficient (Wildman–Crippen LogP) is 2.97. The van der Waals surface area contributed by atoms with E-state index in [9.17, 15) is 9.59 Å². The van der Waals surface area contributed by atoms with Crippen LogP contribution in [0.3, 0.4) is 0 Å². The quantitative estimate of drug-likeness (QED) is 0.789. The zero-order valence-electron chi connectivity index (χ0n) is 12.9. The van der Waals surface area contributed by atoms with Crippen LogP contribution in [0, 0.1) is 5.92 Å². The van der Waals surface area contributed by atoms with Crippen LogP contribution in [0.2, 0.25) is 0 Å². The van der Waals surface area contributed by atoms with Crippen molar-refractivity contribution < 1.29 is 14.7 Å². The molecule has 0 bridgehead atoms. The molecular weight excluding hydrogens is 328 g/mol. The van der Waals surface area contributed by atoms with Gasteiger partial charge in [-0.25, -0.2) is 4.79 Å². The number of nitrogens with zero attached hydrogens (tertiary/aromatic N) is 2. The Bertz CT molecular complexity index is 695. The minimum absolute atomic E-state index is 0.0290. The maximum absolute atomic E-state index is 12.1. The molecule has 2 aromatic rings. The Kier molecular flexibility index (Phi) is 5.05. The van der Waals surface area contributed by atoms with Crippen molar-refractivity contribution in [3.63, 3.8) is 0 Å². The second-order valence-electron chi connectivity index (χ2n) is 5.81. The van der Waals surface area contributed by atoms with Crippen molar-refractivity contribution in [3.05, 3.63) is 29.8 Å². The van der Waals surface area contributed by atoms with Crippen LogP contribution in [0.4, 0.5) is 10.5 Å². The number of carboxylic acid groups (broad SMARTS) is 1. The Morgan fingerprint density at radius 1 is 1.12 bits per heavy atom. The van der Waals surface area contributed by atoms with E-state index in [1.807, 2.05) is 24.3 Å². The maximum atomic E-state index is 12.1. The molecule has 1 aliphatic carbocycles. The first-order valence-electron chi connectivity index (χ1n) is 7.79. The number of anilines is 1. The summed E-state index contributed by atoms with van der Waals surface area (Å²) in [6, 6.07) is 7.16. The van der Waals surface area contributed by atoms with Gasteiger partial charge in [0.1, 0.15) is 10.5 Å². The SMILES string of the molecule is O=C(Nc1ccc(-c2nncs2)cc1)NC1CCC(C(=O)O)CC1. The molecule has 126 valence electrons. The van der Waals surface area contributed by atoms with E-state index in [1.165, 1.54) is 11.3 Å². The lowest BCUT2D eigenvalue weighted by atomic mass is 9.86. The van der Waals surface area contributed by atoms with Gasteiger partial charge in [-0.1, -0.05) is 11.3 Å². The molecule has 1 fully saturated rings. The third kappa shape index (κ3) is 4.08. The average molecular weight is 346 g/mol. The van der Waals surface area contributed by atoms with Crippen LogP contribution >= 0.6 is 11.3 Å². The van der Waals surface area contributed by atoms with Crippen LogP contribution in [-0.2, 0) is 4.79 Å². The lowest BCUT2D eigenvalue weighted by Crippen LogP contribution is -2.40. The van der Waals surface area contributed by atoms with Crippen LogP contribution in [-0.4, -0.2) is 33.3 Å². The van der Waals surface area contributed by atoms with Crippen molar-refractivity contribution in [1.29, 1.82) is 0 Å². The van der Waals surface area contributed by atoms with Gasteiger partial charge in [-0.2, -0.15) is 0 Å². The van der Waals surface area contributed by atoms with Gasteiger partial charge in [-0.05, 0) is 49.9 Å². The zero-order valence-corrected chi connectivity index (χ0v) is 13.8. The molecule has 3 rings (SSSR count). The number of carbonyl (C=O) groups excluding carboxylic acids is 1. The number of rotatable bonds is 4. The summed E-state index contributed by atoms with van der Waals surface area (Å²) in [5.74, 6) is -1.02. The summed E-state index contributed by atoms with van der Waals surface area (Å²) < 4.78 is 0. The van der Waals surface area contributed by atoms with E-state index >= 15 is 0 Å². The van der Waals surface area contributed by atoms with Crippen molar-refractivity contribution in [2.75, 3.05) is 5.32 Å². The molecule has 8 heteroatoms. The Hall–Kier alpha value is -2.48. The van der Waals surface area contributed by atoms with E-state index in [2.05, 4.69) is 20.8 Å². The lowest BCUT2D eigenvalue weighted by molar-refractivity contribution is -0.142. The molecule has 1 saturated carbocycles. The number of aliphatic carboxylic acids is 1. The fraction of sp³-hybridized carbons (Fsp3) is 0.375. The number of carbonyl (C=O) groups is 2. The van der Waals surface area contributed by atoms with Crippen molar-refractivity contribution in [2.45, 2.75) is 31.7 Å². The van der Waals surface area contributed by atoms with Crippen molar-refractivity contribution in [1.82, 2.24) is 15.5 Å². The van der Waals surface area contributed by atoms with Gasteiger partial charge in [0.05, 0.1) is 5.92 Å². The van der Waals surface area contributed by atoms with Crippen LogP contribution in [0.1, 0.15) is 25.7 Å². The van der Waals surface area contributed by atoms with Gasteiger partial charge in [0.25, 0.3) is 0 Å². The van der Waals surface area contributed by atoms with Crippen LogP contribution in [0.5, 0.6) is 0 Å². The van der Waals surface area contributed by atoms with E-state index in [4.69, 9.17) is 5.11 Å². The summed E-state index contributed by atoms with van der Waals surface area (Å²) in [4.78, 5) is 23.0. The molecule has 3 N–H and O–H groups in total. The van der Waals surface area contributed by atoms with Gasteiger partial charge < -0.3 is 15.7 Å². The van der Waals surface area contributed by atoms with E-state index < -0.39 is 5.97 Å². The number of aromatic nitrogens is 2. The highest BCUT2D eigenvalue weighted by Crippen LogP contribution is 2.25. The average Bonchev–Trinajstić information content (AvgIpc) is 3.10. The topological polar surface area (TPSA) is 104 Å². The summed E-state index contributed by atoms with van der Waals surface area (Å²) in [5, 5.41) is 23.3. The molecule has 0 saturated heterocycles. The number of benzene rings is 1. The molecule has 1 aromatic heterocycles. The molecule has 24 heavy (non-hydrogen) atoms. The van der Waals surface area contributed by atoms with E-state index in [0.29, 0.717) is 31.4 Å². The molecule has 1 heterocycles. The number of hydrogen-bond donors (Lipinski definition) is 3. The highest BCUT2D eigenvalue weighted by Gasteiger charge is 2.26. The molecular formula is C16H18N4O3S. The second-order valence-corrected chi connectivity index (χ2v) is 6.64. The van der Waals surface area contributed by atoms with Crippen molar-refractivity contribution in [3.8, 4) is 10.6 Å². The maximum Gasteiger partial charge on any atom is 0.319 e. The fourth-order valence-electron chi connectivity index (χ4n) is 2.83. The summed E-state index contributed by atoms with van der Waals surface area (Å²) >= 11 is 1.46. The first-order valence-corrected chi connectivity index (χ1v) is 8.66. The zero-order chi connectivity index (χ0) is 16.9. The van der Waals surface area contributed by atoms with Gasteiger partial charge in [0.2, 0.25) is 0 Å². The Labute approximate surface area is 143 Å². The molecule has 2 amide bonds. The van der Waals surface area contributed by atoms with Crippen molar-refractivity contribution in [2.24, 2.45) is 5.92 Å². The third-order valence-corrected chi connectivity index (χ3v) is 4.90. The molecule has 0 spiro atoms. The predicted molar refractivity (Wildman–Crippen MR) is 90.9 cm³/mol. The number of carboxylic acids is 1. The standard InChI is InChI=1S/C16H18N4O3S/c21-15(22)11-3-7-13(8-4-11)19-16(23)18-12-5-1-10(2-6-12)14-20-17-9-24-14/h1-2,5-6,9,11,13H,3-4,7-8H2,(H,21,22)(H2,18,19,23). The van der Waals surface area contributed by atoms with Crippen LogP contribution < -0.4 is 10.6 Å². The van der Waals surface area contributed by atoms with E-state index in [-0.39, 0.29) is 18.0 Å². The molecule has 0 radical (unpaired) electrons. The highest BCUT2D eigenvalue weighted by molar-refractivity contribution is 7.12. The minimum atomic E-state index is -0.742. The van der Waals surface area contributed by atoms with Gasteiger partial charge in [-0.15, -0.1) is 10.2 Å². The monoisotopic (exact) mass is 346 g/mol. The fourth-order valence-corrected chi connectivity index (χ4v) is 3.39. The first-order chi connectivity index (χ1) is 11.6. The molecule has 7 nitrogen and oxygen atoms in total. The molecule has 0 unspecified atom stereocenters. The van der Waals surface area contributed by atoms with Gasteiger partial charge in [-0.3, -0.25) is 4.79 Å². The number of nitrogens with one attached hydrogen (secondary N) is 2. The highest BCUT2D eigenvalue weighted by atomic mass is 32.1. The third-order valence-electron chi connectivity index (χ3n) is 4.16. The Morgan fingerprint density at radius 3 is 2.42 bits per heavy atom. The van der Waals surface area contributed by atoms with E-state index in [1.54, 1.807) is 5.51 Å². The second kappa shape index (κ2) is 7.39. The number of urea groups is 1. The Balaban J connectivity index is 1.49. The first kappa shape index (κ1) is 16.4. The van der Waals surface area contributed by atoms with Crippen LogP contribution in [0.25, 0.3) is 10.6 Å². The Morgan fingerprint density at radius 2 is 1.83 bits per heavy atom. The normalized spacial score (nSPS) is 20.3. The number of hydrogen-bond acceptors (Lipinski definition) is 5. The van der Waals surface area contributed by atoms with Crippen molar-refractivity contribution >= 4 is 29.0 Å². The number of amides is 2. The van der Waals surface area contributed by atoms with Gasteiger partial charge in [0, 0.05) is 17.3 Å². The molecule has 0 aliphatic heterocycles. The summed E-state index contributed by atoms with van der Waals surface area (Å²) in [7, 11) is 0. The smallest absolute Gasteiger partial charge is 0.319 e. The largest absolute Gasteiger partial charge is 0.481 e. The minimum Gasteiger partial charge on any atom is -0.481 e. The lowest BCUT2D eigenvalue weighted by Gasteiger charge is -2.26. The van der Waals surface area contributed by atoms with Crippen LogP contribution in [0.15, 0.2) is 29.8 Å².